The van der Waals surface area contributed by atoms with Crippen LogP contribution < -0.4 is 10.5 Å². The van der Waals surface area contributed by atoms with Crippen molar-refractivity contribution in [2.45, 2.75) is 46.6 Å². The van der Waals surface area contributed by atoms with Crippen molar-refractivity contribution in [3.63, 3.8) is 0 Å². The fraction of sp³-hybridized carbons (Fsp3) is 0.600. The van der Waals surface area contributed by atoms with E-state index in [1.165, 1.54) is 0 Å². The lowest BCUT2D eigenvalue weighted by molar-refractivity contribution is 0.264. The zero-order valence-corrected chi connectivity index (χ0v) is 12.7. The molecule has 0 aromatic heterocycles. The predicted octanol–water partition coefficient (Wildman–Crippen LogP) is 4.52. The first-order valence-electron chi connectivity index (χ1n) is 6.54. The molecule has 1 unspecified atom stereocenters. The van der Waals surface area contributed by atoms with Gasteiger partial charge in [0.05, 0.1) is 6.61 Å². The molecule has 0 amide bonds. The molecule has 0 heterocycles. The van der Waals surface area contributed by atoms with E-state index < -0.39 is 0 Å². The molecule has 1 atom stereocenters. The van der Waals surface area contributed by atoms with Gasteiger partial charge in [0.15, 0.2) is 0 Å². The minimum atomic E-state index is -0.0802. The van der Waals surface area contributed by atoms with Crippen LogP contribution in [0.2, 0.25) is 5.02 Å². The van der Waals surface area contributed by atoms with Crippen molar-refractivity contribution in [2.75, 3.05) is 6.61 Å². The zero-order chi connectivity index (χ0) is 13.9. The molecule has 0 saturated carbocycles. The monoisotopic (exact) mass is 269 g/mol. The van der Waals surface area contributed by atoms with Gasteiger partial charge >= 0.3 is 0 Å². The first-order valence-corrected chi connectivity index (χ1v) is 6.92. The summed E-state index contributed by atoms with van der Waals surface area (Å²) in [5.41, 5.74) is 8.15. The van der Waals surface area contributed by atoms with Crippen molar-refractivity contribution in [2.24, 2.45) is 11.7 Å². The van der Waals surface area contributed by atoms with Gasteiger partial charge in [-0.15, -0.1) is 0 Å². The molecule has 0 saturated heterocycles. The second kappa shape index (κ2) is 6.44. The van der Waals surface area contributed by atoms with Crippen LogP contribution >= 0.6 is 11.6 Å². The van der Waals surface area contributed by atoms with Crippen molar-refractivity contribution >= 4 is 11.6 Å². The van der Waals surface area contributed by atoms with Gasteiger partial charge in [-0.25, -0.2) is 0 Å². The Morgan fingerprint density at radius 1 is 1.11 bits per heavy atom. The van der Waals surface area contributed by atoms with Gasteiger partial charge in [-0.05, 0) is 36.5 Å². The molecule has 0 radical (unpaired) electrons. The Hall–Kier alpha value is -0.730. The lowest BCUT2D eigenvalue weighted by Gasteiger charge is -2.21. The number of hydrogen-bond acceptors (Lipinski definition) is 2. The molecule has 2 nitrogen and oxygen atoms in total. The number of halogens is 1. The Bertz CT molecular complexity index is 370. The Morgan fingerprint density at radius 2 is 1.67 bits per heavy atom. The first-order chi connectivity index (χ1) is 8.32. The van der Waals surface area contributed by atoms with Crippen LogP contribution in [0.5, 0.6) is 5.75 Å². The van der Waals surface area contributed by atoms with E-state index in [4.69, 9.17) is 22.1 Å². The number of ether oxygens (including phenoxy) is 1. The van der Waals surface area contributed by atoms with Crippen molar-refractivity contribution in [1.82, 2.24) is 0 Å². The molecule has 0 aliphatic rings. The highest BCUT2D eigenvalue weighted by molar-refractivity contribution is 6.30. The molecule has 1 aromatic carbocycles. The van der Waals surface area contributed by atoms with Gasteiger partial charge in [0.25, 0.3) is 0 Å². The highest BCUT2D eigenvalue weighted by Crippen LogP contribution is 2.36. The van der Waals surface area contributed by atoms with Crippen molar-refractivity contribution in [3.8, 4) is 5.75 Å². The van der Waals surface area contributed by atoms with Crippen LogP contribution in [0.15, 0.2) is 12.1 Å². The van der Waals surface area contributed by atoms with Gasteiger partial charge in [0.2, 0.25) is 0 Å². The smallest absolute Gasteiger partial charge is 0.127 e. The minimum absolute atomic E-state index is 0.0802. The van der Waals surface area contributed by atoms with Crippen LogP contribution in [-0.4, -0.2) is 6.61 Å². The third-order valence-electron chi connectivity index (χ3n) is 2.78. The van der Waals surface area contributed by atoms with E-state index >= 15 is 0 Å². The van der Waals surface area contributed by atoms with Gasteiger partial charge in [-0.3, -0.25) is 0 Å². The second-order valence-corrected chi connectivity index (χ2v) is 6.00. The topological polar surface area (TPSA) is 35.2 Å². The van der Waals surface area contributed by atoms with Crippen LogP contribution in [0.1, 0.15) is 57.7 Å². The van der Waals surface area contributed by atoms with Crippen molar-refractivity contribution < 1.29 is 4.74 Å². The predicted molar refractivity (Wildman–Crippen MR) is 78.5 cm³/mol. The van der Waals surface area contributed by atoms with Gasteiger partial charge in [0, 0.05) is 16.6 Å². The maximum atomic E-state index is 6.16. The van der Waals surface area contributed by atoms with E-state index in [0.29, 0.717) is 18.4 Å². The molecule has 2 N–H and O–H groups in total. The third kappa shape index (κ3) is 3.89. The number of nitrogens with two attached hydrogens (primary N) is 1. The highest BCUT2D eigenvalue weighted by atomic mass is 35.5. The molecule has 0 spiro atoms. The second-order valence-electron chi connectivity index (χ2n) is 5.56. The van der Waals surface area contributed by atoms with E-state index in [1.54, 1.807) is 0 Å². The third-order valence-corrected chi connectivity index (χ3v) is 3.00. The Kier molecular flexibility index (Phi) is 5.48. The van der Waals surface area contributed by atoms with Gasteiger partial charge < -0.3 is 10.5 Å². The van der Waals surface area contributed by atoms with Crippen LogP contribution in [0, 0.1) is 5.92 Å². The summed E-state index contributed by atoms with van der Waals surface area (Å²) in [5, 5.41) is 0.725. The standard InChI is InChI=1S/C15H24ClNO/c1-9(2)8-18-15-13(10(3)4)6-12(16)7-14(15)11(5)17/h6-7,9-11H,8,17H2,1-5H3. The molecule has 1 aromatic rings. The van der Waals surface area contributed by atoms with Gasteiger partial charge in [0.1, 0.15) is 5.75 Å². The fourth-order valence-corrected chi connectivity index (χ4v) is 2.06. The lowest BCUT2D eigenvalue weighted by atomic mass is 9.96. The van der Waals surface area contributed by atoms with Crippen LogP contribution in [-0.2, 0) is 0 Å². The summed E-state index contributed by atoms with van der Waals surface area (Å²) in [6.45, 7) is 11.2. The molecular weight excluding hydrogens is 246 g/mol. The normalized spacial score (nSPS) is 13.2. The summed E-state index contributed by atoms with van der Waals surface area (Å²) < 4.78 is 5.97. The molecule has 0 aliphatic carbocycles. The summed E-state index contributed by atoms with van der Waals surface area (Å²) in [6.07, 6.45) is 0. The van der Waals surface area contributed by atoms with Gasteiger partial charge in [-0.1, -0.05) is 39.3 Å². The summed E-state index contributed by atoms with van der Waals surface area (Å²) >= 11 is 6.16. The van der Waals surface area contributed by atoms with E-state index in [0.717, 1.165) is 21.9 Å². The van der Waals surface area contributed by atoms with E-state index in [-0.39, 0.29) is 6.04 Å². The Labute approximate surface area is 115 Å². The molecule has 0 bridgehead atoms. The SMILES string of the molecule is CC(C)COc1c(C(C)C)cc(Cl)cc1C(C)N. The Balaban J connectivity index is 3.22. The van der Waals surface area contributed by atoms with Crippen LogP contribution in [0.4, 0.5) is 0 Å². The molecular formula is C15H24ClNO. The Morgan fingerprint density at radius 3 is 2.11 bits per heavy atom. The van der Waals surface area contributed by atoms with E-state index in [9.17, 15) is 0 Å². The summed E-state index contributed by atoms with van der Waals surface area (Å²) in [6, 6.07) is 3.81. The number of benzene rings is 1. The van der Waals surface area contributed by atoms with Crippen LogP contribution in [0.25, 0.3) is 0 Å². The fourth-order valence-electron chi connectivity index (χ4n) is 1.82. The summed E-state index contributed by atoms with van der Waals surface area (Å²) in [5.74, 6) is 1.77. The number of hydrogen-bond donors (Lipinski definition) is 1. The van der Waals surface area contributed by atoms with E-state index in [1.807, 2.05) is 19.1 Å². The molecule has 3 heteroatoms. The molecule has 102 valence electrons. The quantitative estimate of drug-likeness (QED) is 0.853. The molecule has 1 rings (SSSR count). The zero-order valence-electron chi connectivity index (χ0n) is 12.0. The van der Waals surface area contributed by atoms with E-state index in [2.05, 4.69) is 27.7 Å². The molecule has 18 heavy (non-hydrogen) atoms. The molecule has 0 aliphatic heterocycles. The largest absolute Gasteiger partial charge is 0.493 e. The minimum Gasteiger partial charge on any atom is -0.493 e. The molecule has 0 fully saturated rings. The summed E-state index contributed by atoms with van der Waals surface area (Å²) in [7, 11) is 0. The first kappa shape index (κ1) is 15.3. The lowest BCUT2D eigenvalue weighted by Crippen LogP contribution is -2.13. The average molecular weight is 270 g/mol. The van der Waals surface area contributed by atoms with Crippen molar-refractivity contribution in [1.29, 1.82) is 0 Å². The van der Waals surface area contributed by atoms with Gasteiger partial charge in [-0.2, -0.15) is 0 Å². The number of rotatable bonds is 5. The van der Waals surface area contributed by atoms with Crippen molar-refractivity contribution in [3.05, 3.63) is 28.3 Å². The van der Waals surface area contributed by atoms with Crippen LogP contribution in [0.3, 0.4) is 0 Å². The average Bonchev–Trinajstić information content (AvgIpc) is 2.25. The maximum absolute atomic E-state index is 6.16. The highest BCUT2D eigenvalue weighted by Gasteiger charge is 2.17. The summed E-state index contributed by atoms with van der Waals surface area (Å²) in [4.78, 5) is 0. The maximum Gasteiger partial charge on any atom is 0.127 e.